The monoisotopic (exact) mass is 403 g/mol. The van der Waals surface area contributed by atoms with E-state index in [1.54, 1.807) is 39.8 Å². The third-order valence-corrected chi connectivity index (χ3v) is 5.48. The average molecular weight is 404 g/mol. The SMILES string of the molecule is [2H]C([2H])(c1c(F)cc(-c2c(C)ccc3c2oc2cccc(C#N)c23)[n+](C)c1C)C(C)(C)C. The van der Waals surface area contributed by atoms with Crippen LogP contribution in [0.1, 0.15) is 45.9 Å². The first-order valence-corrected chi connectivity index (χ1v) is 9.95. The maximum absolute atomic E-state index is 15.5. The predicted octanol–water partition coefficient (Wildman–Crippen LogP) is 6.29. The molecule has 0 aliphatic rings. The van der Waals surface area contributed by atoms with Gasteiger partial charge in [0, 0.05) is 26.5 Å². The lowest BCUT2D eigenvalue weighted by Crippen LogP contribution is -2.37. The normalized spacial score (nSPS) is 13.4. The van der Waals surface area contributed by atoms with E-state index in [0.29, 0.717) is 28.1 Å². The summed E-state index contributed by atoms with van der Waals surface area (Å²) in [6.45, 7) is 8.99. The summed E-state index contributed by atoms with van der Waals surface area (Å²) in [5, 5.41) is 11.1. The third kappa shape index (κ3) is 3.15. The van der Waals surface area contributed by atoms with Gasteiger partial charge in [-0.25, -0.2) is 4.39 Å². The summed E-state index contributed by atoms with van der Waals surface area (Å²) in [6.07, 6.45) is -1.86. The summed E-state index contributed by atoms with van der Waals surface area (Å²) in [6, 6.07) is 12.8. The van der Waals surface area contributed by atoms with Gasteiger partial charge >= 0.3 is 0 Å². The molecule has 4 heteroatoms. The van der Waals surface area contributed by atoms with Crippen LogP contribution in [0.25, 0.3) is 33.2 Å². The highest BCUT2D eigenvalue weighted by Gasteiger charge is 2.28. The van der Waals surface area contributed by atoms with Crippen LogP contribution in [0.4, 0.5) is 4.39 Å². The molecule has 30 heavy (non-hydrogen) atoms. The van der Waals surface area contributed by atoms with Crippen molar-refractivity contribution in [3.05, 3.63) is 64.6 Å². The molecule has 0 aliphatic heterocycles. The van der Waals surface area contributed by atoms with Crippen LogP contribution in [-0.4, -0.2) is 0 Å². The number of pyridine rings is 1. The van der Waals surface area contributed by atoms with Gasteiger partial charge in [-0.2, -0.15) is 9.83 Å². The molecule has 0 atom stereocenters. The largest absolute Gasteiger partial charge is 0.455 e. The number of furan rings is 1. The number of hydrogen-bond acceptors (Lipinski definition) is 2. The Hall–Kier alpha value is -3.19. The van der Waals surface area contributed by atoms with Crippen LogP contribution in [-0.2, 0) is 13.4 Å². The molecule has 4 aromatic rings. The summed E-state index contributed by atoms with van der Waals surface area (Å²) in [5.41, 5.74) is 3.74. The second kappa shape index (κ2) is 6.95. The van der Waals surface area contributed by atoms with E-state index in [4.69, 9.17) is 7.16 Å². The number of benzene rings is 2. The van der Waals surface area contributed by atoms with E-state index in [-0.39, 0.29) is 5.56 Å². The number of halogens is 1. The zero-order valence-corrected chi connectivity index (χ0v) is 18.1. The first-order chi connectivity index (χ1) is 14.9. The van der Waals surface area contributed by atoms with Crippen molar-refractivity contribution in [2.45, 2.75) is 41.0 Å². The fraction of sp³-hybridized carbons (Fsp3) is 0.308. The van der Waals surface area contributed by atoms with E-state index in [1.165, 1.54) is 6.07 Å². The maximum atomic E-state index is 15.5. The molecule has 0 unspecified atom stereocenters. The van der Waals surface area contributed by atoms with E-state index in [9.17, 15) is 5.26 Å². The van der Waals surface area contributed by atoms with Gasteiger partial charge < -0.3 is 4.42 Å². The van der Waals surface area contributed by atoms with Crippen LogP contribution in [0.2, 0.25) is 0 Å². The second-order valence-corrected chi connectivity index (χ2v) is 8.80. The van der Waals surface area contributed by atoms with Gasteiger partial charge in [-0.05, 0) is 36.4 Å². The zero-order chi connectivity index (χ0) is 23.6. The number of rotatable bonds is 2. The van der Waals surface area contributed by atoms with E-state index in [2.05, 4.69) is 6.07 Å². The number of nitriles is 1. The summed E-state index contributed by atoms with van der Waals surface area (Å²) < 4.78 is 40.8. The van der Waals surface area contributed by atoms with Gasteiger partial charge in [0.05, 0.1) is 22.8 Å². The molecule has 152 valence electrons. The number of fused-ring (bicyclic) bond motifs is 3. The quantitative estimate of drug-likeness (QED) is 0.369. The maximum Gasteiger partial charge on any atom is 0.219 e. The Labute approximate surface area is 179 Å². The van der Waals surface area contributed by atoms with Crippen molar-refractivity contribution in [1.29, 1.82) is 5.26 Å². The molecular weight excluding hydrogens is 375 g/mol. The van der Waals surface area contributed by atoms with Gasteiger partial charge in [0.2, 0.25) is 5.69 Å². The van der Waals surface area contributed by atoms with Gasteiger partial charge in [0.25, 0.3) is 0 Å². The van der Waals surface area contributed by atoms with Crippen molar-refractivity contribution < 1.29 is 16.1 Å². The van der Waals surface area contributed by atoms with E-state index in [0.717, 1.165) is 21.9 Å². The van der Waals surface area contributed by atoms with Crippen molar-refractivity contribution in [2.75, 3.05) is 0 Å². The Morgan fingerprint density at radius 1 is 1.20 bits per heavy atom. The fourth-order valence-electron chi connectivity index (χ4n) is 3.97. The molecule has 0 amide bonds. The van der Waals surface area contributed by atoms with Crippen LogP contribution >= 0.6 is 0 Å². The first-order valence-electron chi connectivity index (χ1n) is 10.9. The van der Waals surface area contributed by atoms with E-state index in [1.807, 2.05) is 36.7 Å². The van der Waals surface area contributed by atoms with Crippen molar-refractivity contribution >= 4 is 21.9 Å². The summed E-state index contributed by atoms with van der Waals surface area (Å²) in [4.78, 5) is 0. The van der Waals surface area contributed by atoms with Gasteiger partial charge in [-0.3, -0.25) is 0 Å². The molecule has 0 saturated heterocycles. The van der Waals surface area contributed by atoms with Crippen LogP contribution in [0.15, 0.2) is 40.8 Å². The Kier molecular flexibility index (Phi) is 4.09. The molecule has 0 saturated carbocycles. The lowest BCUT2D eigenvalue weighted by molar-refractivity contribution is -0.667. The number of nitrogens with zero attached hydrogens (tertiary/aromatic N) is 2. The summed E-state index contributed by atoms with van der Waals surface area (Å²) >= 11 is 0. The van der Waals surface area contributed by atoms with Gasteiger partial charge in [-0.15, -0.1) is 0 Å². The van der Waals surface area contributed by atoms with Gasteiger partial charge in [0.15, 0.2) is 5.69 Å². The molecular formula is C26H26FN2O+. The zero-order valence-electron chi connectivity index (χ0n) is 20.1. The molecule has 0 N–H and O–H groups in total. The lowest BCUT2D eigenvalue weighted by Gasteiger charge is -2.19. The first kappa shape index (κ1) is 17.7. The minimum atomic E-state index is -1.86. The Bertz CT molecular complexity index is 1440. The fourth-order valence-corrected chi connectivity index (χ4v) is 3.97. The Morgan fingerprint density at radius 2 is 1.93 bits per heavy atom. The molecule has 0 bridgehead atoms. The molecule has 0 aliphatic carbocycles. The number of hydrogen-bond donors (Lipinski definition) is 0. The minimum Gasteiger partial charge on any atom is -0.455 e. The highest BCUT2D eigenvalue weighted by Crippen LogP contribution is 2.38. The van der Waals surface area contributed by atoms with Crippen LogP contribution in [0, 0.1) is 36.4 Å². The smallest absolute Gasteiger partial charge is 0.219 e. The highest BCUT2D eigenvalue weighted by atomic mass is 19.1. The lowest BCUT2D eigenvalue weighted by atomic mass is 9.87. The summed E-state index contributed by atoms with van der Waals surface area (Å²) in [5.74, 6) is -0.583. The minimum absolute atomic E-state index is 0.0671. The third-order valence-electron chi connectivity index (χ3n) is 5.48. The molecule has 2 heterocycles. The molecule has 2 aromatic heterocycles. The van der Waals surface area contributed by atoms with Crippen LogP contribution in [0.3, 0.4) is 0 Å². The van der Waals surface area contributed by atoms with Crippen molar-refractivity contribution in [3.8, 4) is 17.3 Å². The predicted molar refractivity (Wildman–Crippen MR) is 118 cm³/mol. The van der Waals surface area contributed by atoms with Gasteiger partial charge in [-0.1, -0.05) is 39.0 Å². The Morgan fingerprint density at radius 3 is 2.60 bits per heavy atom. The van der Waals surface area contributed by atoms with Crippen molar-refractivity contribution in [3.63, 3.8) is 0 Å². The molecule has 0 radical (unpaired) electrons. The molecule has 2 aromatic carbocycles. The Balaban J connectivity index is 2.08. The molecule has 3 nitrogen and oxygen atoms in total. The highest BCUT2D eigenvalue weighted by molar-refractivity contribution is 6.11. The topological polar surface area (TPSA) is 40.8 Å². The standard InChI is InChI=1S/C26H26FN2O/c1-15-10-11-18-24-17(14-28)8-7-9-22(24)30-25(18)23(15)21-12-20(27)19(13-26(3,4)5)16(2)29(21)6/h7-12H,13H2,1-6H3/q+1/i13D2. The molecule has 0 fully saturated rings. The molecule has 4 rings (SSSR count). The van der Waals surface area contributed by atoms with Gasteiger partial charge in [0.1, 0.15) is 24.0 Å². The van der Waals surface area contributed by atoms with Crippen LogP contribution in [0.5, 0.6) is 0 Å². The van der Waals surface area contributed by atoms with Crippen molar-refractivity contribution in [2.24, 2.45) is 12.5 Å². The van der Waals surface area contributed by atoms with Crippen molar-refractivity contribution in [1.82, 2.24) is 0 Å². The summed E-state index contributed by atoms with van der Waals surface area (Å²) in [7, 11) is 1.81. The number of aromatic nitrogens is 1. The van der Waals surface area contributed by atoms with E-state index >= 15 is 4.39 Å². The second-order valence-electron chi connectivity index (χ2n) is 8.80. The van der Waals surface area contributed by atoms with E-state index < -0.39 is 17.6 Å². The average Bonchev–Trinajstić information content (AvgIpc) is 3.08. The van der Waals surface area contributed by atoms with Crippen LogP contribution < -0.4 is 4.57 Å². The molecule has 0 spiro atoms. The number of aryl methyl sites for hydroxylation is 1.